The predicted molar refractivity (Wildman–Crippen MR) is 90.5 cm³/mol. The molecule has 1 unspecified atom stereocenters. The molecule has 1 aromatic heterocycles. The molecule has 0 radical (unpaired) electrons. The van der Waals surface area contributed by atoms with Crippen molar-refractivity contribution in [2.24, 2.45) is 5.92 Å². The van der Waals surface area contributed by atoms with E-state index in [1.54, 1.807) is 0 Å². The van der Waals surface area contributed by atoms with Gasteiger partial charge in [0, 0.05) is 30.4 Å². The van der Waals surface area contributed by atoms with E-state index in [4.69, 9.17) is 11.6 Å². The lowest BCUT2D eigenvalue weighted by Crippen LogP contribution is -2.49. The van der Waals surface area contributed by atoms with Crippen LogP contribution in [-0.2, 0) is 0 Å². The van der Waals surface area contributed by atoms with E-state index in [0.717, 1.165) is 19.3 Å². The Hall–Kier alpha value is -1.51. The Balaban J connectivity index is 2.17. The minimum atomic E-state index is -0.636. The number of pyridine rings is 1. The second-order valence-corrected chi connectivity index (χ2v) is 6.71. The minimum absolute atomic E-state index is 0.00830. The first-order valence-corrected chi connectivity index (χ1v) is 8.15. The fraction of sp³-hybridized carbons (Fsp3) is 0.357. The van der Waals surface area contributed by atoms with Crippen LogP contribution in [0.25, 0.3) is 10.9 Å². The van der Waals surface area contributed by atoms with Crippen molar-refractivity contribution in [1.82, 2.24) is 10.3 Å². The molecular weight excluding hydrogens is 391 g/mol. The Bertz CT molecular complexity index is 800. The topological polar surface area (TPSA) is 80.1 Å². The van der Waals surface area contributed by atoms with Gasteiger partial charge in [-0.1, -0.05) is 11.6 Å². The average Bonchev–Trinajstić information content (AvgIpc) is 2.43. The van der Waals surface area contributed by atoms with Crippen LogP contribution in [-0.4, -0.2) is 29.0 Å². The summed E-state index contributed by atoms with van der Waals surface area (Å²) in [5, 5.41) is 18.1. The van der Waals surface area contributed by atoms with E-state index in [2.05, 4.69) is 31.5 Å². The summed E-state index contributed by atoms with van der Waals surface area (Å²) < 4.78 is 14.4. The van der Waals surface area contributed by atoms with Gasteiger partial charge in [0.1, 0.15) is 17.4 Å². The van der Waals surface area contributed by atoms with Gasteiger partial charge in [-0.25, -0.2) is 9.37 Å². The molecule has 3 rings (SSSR count). The number of hydrogen-bond donors (Lipinski definition) is 2. The quantitative estimate of drug-likeness (QED) is 0.462. The van der Waals surface area contributed by atoms with Gasteiger partial charge < -0.3 is 10.6 Å². The highest BCUT2D eigenvalue weighted by Crippen LogP contribution is 2.39. The Kier molecular flexibility index (Phi) is 4.39. The molecule has 1 saturated heterocycles. The standard InChI is InChI=1S/C14H13BrClFN4O2/c1-6(7-3-18-4-7)20-13-8-2-9(16)11(15)12(17)14(8)19-5-10(13)21(22)23/h2,5-7,18H,3-4H2,1H3,(H,19,20). The van der Waals surface area contributed by atoms with Crippen molar-refractivity contribution in [3.63, 3.8) is 0 Å². The summed E-state index contributed by atoms with van der Waals surface area (Å²) in [5.41, 5.74) is 0.0791. The highest BCUT2D eigenvalue weighted by Gasteiger charge is 2.28. The van der Waals surface area contributed by atoms with Gasteiger partial charge in [0.15, 0.2) is 5.82 Å². The third-order valence-electron chi connectivity index (χ3n) is 4.07. The number of halogens is 3. The number of nitrogens with one attached hydrogen (secondary N) is 2. The van der Waals surface area contributed by atoms with Crippen LogP contribution < -0.4 is 10.6 Å². The number of anilines is 1. The second-order valence-electron chi connectivity index (χ2n) is 5.51. The second kappa shape index (κ2) is 6.18. The first kappa shape index (κ1) is 16.4. The van der Waals surface area contributed by atoms with Crippen LogP contribution in [0.1, 0.15) is 6.92 Å². The maximum atomic E-state index is 14.3. The molecule has 2 N–H and O–H groups in total. The molecule has 6 nitrogen and oxygen atoms in total. The number of rotatable bonds is 4. The maximum Gasteiger partial charge on any atom is 0.311 e. The smallest absolute Gasteiger partial charge is 0.311 e. The van der Waals surface area contributed by atoms with Gasteiger partial charge in [0.05, 0.1) is 14.4 Å². The fourth-order valence-electron chi connectivity index (χ4n) is 2.53. The van der Waals surface area contributed by atoms with Crippen molar-refractivity contribution in [2.75, 3.05) is 18.4 Å². The summed E-state index contributed by atoms with van der Waals surface area (Å²) >= 11 is 9.07. The molecule has 1 aliphatic heterocycles. The molecule has 0 spiro atoms. The SMILES string of the molecule is CC(Nc1c([N+](=O)[O-])cnc2c(F)c(Br)c(Cl)cc12)C1CNC1. The van der Waals surface area contributed by atoms with Crippen LogP contribution in [0.3, 0.4) is 0 Å². The Morgan fingerprint density at radius 2 is 2.30 bits per heavy atom. The third-order valence-corrected chi connectivity index (χ3v) is 5.37. The third kappa shape index (κ3) is 2.86. The van der Waals surface area contributed by atoms with Crippen LogP contribution in [0, 0.1) is 21.8 Å². The zero-order valence-electron chi connectivity index (χ0n) is 12.1. The van der Waals surface area contributed by atoms with Gasteiger partial charge in [0.2, 0.25) is 0 Å². The van der Waals surface area contributed by atoms with Crippen molar-refractivity contribution in [2.45, 2.75) is 13.0 Å². The average molecular weight is 404 g/mol. The molecule has 1 aromatic carbocycles. The van der Waals surface area contributed by atoms with Crippen LogP contribution in [0.5, 0.6) is 0 Å². The minimum Gasteiger partial charge on any atom is -0.376 e. The van der Waals surface area contributed by atoms with Gasteiger partial charge in [-0.15, -0.1) is 0 Å². The summed E-state index contributed by atoms with van der Waals surface area (Å²) in [6, 6.07) is 1.48. The molecule has 2 heterocycles. The molecule has 2 aromatic rings. The monoisotopic (exact) mass is 402 g/mol. The Morgan fingerprint density at radius 3 is 2.87 bits per heavy atom. The van der Waals surface area contributed by atoms with Crippen molar-refractivity contribution < 1.29 is 9.31 Å². The number of aromatic nitrogens is 1. The lowest BCUT2D eigenvalue weighted by atomic mass is 9.95. The van der Waals surface area contributed by atoms with Gasteiger partial charge in [0.25, 0.3) is 0 Å². The summed E-state index contributed by atoms with van der Waals surface area (Å²) in [6.45, 7) is 3.62. The zero-order chi connectivity index (χ0) is 16.7. The molecule has 0 bridgehead atoms. The highest BCUT2D eigenvalue weighted by molar-refractivity contribution is 9.10. The largest absolute Gasteiger partial charge is 0.376 e. The van der Waals surface area contributed by atoms with Crippen LogP contribution >= 0.6 is 27.5 Å². The van der Waals surface area contributed by atoms with E-state index in [0.29, 0.717) is 11.3 Å². The van der Waals surface area contributed by atoms with Crippen LogP contribution in [0.15, 0.2) is 16.7 Å². The van der Waals surface area contributed by atoms with Gasteiger partial charge in [-0.05, 0) is 28.9 Å². The fourth-order valence-corrected chi connectivity index (χ4v) is 3.02. The first-order valence-electron chi connectivity index (χ1n) is 6.98. The molecule has 0 amide bonds. The molecule has 1 aliphatic rings. The Labute approximate surface area is 144 Å². The van der Waals surface area contributed by atoms with Crippen LogP contribution in [0.4, 0.5) is 15.8 Å². The van der Waals surface area contributed by atoms with E-state index in [1.165, 1.54) is 6.07 Å². The maximum absolute atomic E-state index is 14.3. The van der Waals surface area contributed by atoms with Crippen molar-refractivity contribution in [3.05, 3.63) is 37.7 Å². The first-order chi connectivity index (χ1) is 10.9. The van der Waals surface area contributed by atoms with Crippen molar-refractivity contribution >= 4 is 49.8 Å². The van der Waals surface area contributed by atoms with Crippen LogP contribution in [0.2, 0.25) is 5.02 Å². The molecule has 23 heavy (non-hydrogen) atoms. The normalized spacial score (nSPS) is 16.2. The molecule has 1 atom stereocenters. The number of fused-ring (bicyclic) bond motifs is 1. The number of nitro groups is 1. The molecule has 0 saturated carbocycles. The van der Waals surface area contributed by atoms with Gasteiger partial charge in [-0.3, -0.25) is 10.1 Å². The summed E-state index contributed by atoms with van der Waals surface area (Å²) in [6.07, 6.45) is 1.07. The Morgan fingerprint density at radius 1 is 1.61 bits per heavy atom. The molecule has 1 fully saturated rings. The molecule has 122 valence electrons. The van der Waals surface area contributed by atoms with Crippen molar-refractivity contribution in [1.29, 1.82) is 0 Å². The van der Waals surface area contributed by atoms with E-state index in [1.807, 2.05) is 6.92 Å². The van der Waals surface area contributed by atoms with E-state index >= 15 is 0 Å². The number of nitrogens with zero attached hydrogens (tertiary/aromatic N) is 2. The molecule has 9 heteroatoms. The highest BCUT2D eigenvalue weighted by atomic mass is 79.9. The van der Waals surface area contributed by atoms with Gasteiger partial charge >= 0.3 is 5.69 Å². The molecular formula is C14H13BrClFN4O2. The van der Waals surface area contributed by atoms with Gasteiger partial charge in [-0.2, -0.15) is 0 Å². The van der Waals surface area contributed by atoms with E-state index < -0.39 is 10.7 Å². The zero-order valence-corrected chi connectivity index (χ0v) is 14.4. The number of hydrogen-bond acceptors (Lipinski definition) is 5. The lowest BCUT2D eigenvalue weighted by Gasteiger charge is -2.33. The lowest BCUT2D eigenvalue weighted by molar-refractivity contribution is -0.384. The van der Waals surface area contributed by atoms with E-state index in [-0.39, 0.29) is 32.4 Å². The molecule has 0 aliphatic carbocycles. The summed E-state index contributed by atoms with van der Waals surface area (Å²) in [5.74, 6) is -0.281. The summed E-state index contributed by atoms with van der Waals surface area (Å²) in [4.78, 5) is 14.7. The van der Waals surface area contributed by atoms with E-state index in [9.17, 15) is 14.5 Å². The van der Waals surface area contributed by atoms with Crippen molar-refractivity contribution in [3.8, 4) is 0 Å². The predicted octanol–water partition coefficient (Wildman–Crippen LogP) is 3.72. The number of benzene rings is 1. The summed E-state index contributed by atoms with van der Waals surface area (Å²) in [7, 11) is 0.